The van der Waals surface area contributed by atoms with E-state index in [1.807, 2.05) is 6.92 Å². The zero-order valence-electron chi connectivity index (χ0n) is 14.0. The number of carbonyl (C=O) groups is 2. The molecule has 130 valence electrons. The first kappa shape index (κ1) is 16.6. The normalized spacial score (nSPS) is 33.8. The Morgan fingerprint density at radius 3 is 2.33 bits per heavy atom. The summed E-state index contributed by atoms with van der Waals surface area (Å²) < 4.78 is 0.891. The van der Waals surface area contributed by atoms with Gasteiger partial charge in [-0.1, -0.05) is 11.8 Å². The maximum absolute atomic E-state index is 13.0. The molecule has 4 saturated carbocycles. The lowest BCUT2D eigenvalue weighted by Crippen LogP contribution is -2.50. The number of thiazole rings is 1. The van der Waals surface area contributed by atoms with E-state index in [-0.39, 0.29) is 17.7 Å². The smallest absolute Gasteiger partial charge is 0.222 e. The average Bonchev–Trinajstić information content (AvgIpc) is 2.83. The predicted molar refractivity (Wildman–Crippen MR) is 96.1 cm³/mol. The van der Waals surface area contributed by atoms with E-state index in [0.29, 0.717) is 11.5 Å². The maximum Gasteiger partial charge on any atom is 0.222 e. The van der Waals surface area contributed by atoms with Gasteiger partial charge in [-0.15, -0.1) is 11.3 Å². The lowest BCUT2D eigenvalue weighted by Gasteiger charge is -2.56. The topological polar surface area (TPSA) is 73.1 Å². The summed E-state index contributed by atoms with van der Waals surface area (Å²) in [6, 6.07) is 0. The van der Waals surface area contributed by atoms with Gasteiger partial charge in [0.05, 0.1) is 17.9 Å². The minimum atomic E-state index is -0.331. The molecule has 1 aromatic rings. The monoisotopic (exact) mass is 364 g/mol. The molecular formula is C18H24N2O2S2. The highest BCUT2D eigenvalue weighted by Crippen LogP contribution is 2.60. The summed E-state index contributed by atoms with van der Waals surface area (Å²) in [6.45, 7) is 1.90. The third-order valence-corrected chi connectivity index (χ3v) is 8.46. The standard InChI is InChI=1S/C18H24N2O2S2/c1-10-14(5-16(19)22)24-17(20-10)23-9-15(21)18-6-11-2-12(7-18)4-13(3-11)8-18/h11-13H,2-9H2,1H3,(H2,19,22). The number of ketones is 1. The van der Waals surface area contributed by atoms with E-state index < -0.39 is 0 Å². The SMILES string of the molecule is Cc1nc(SCC(=O)C23CC4CC(CC(C4)C2)C3)sc1CC(N)=O. The van der Waals surface area contributed by atoms with Crippen LogP contribution >= 0.6 is 23.1 Å². The van der Waals surface area contributed by atoms with Gasteiger partial charge in [0.2, 0.25) is 5.91 Å². The summed E-state index contributed by atoms with van der Waals surface area (Å²) in [5.74, 6) is 3.03. The molecule has 0 aromatic carbocycles. The number of nitrogens with zero attached hydrogens (tertiary/aromatic N) is 1. The molecule has 4 aliphatic rings. The number of hydrogen-bond donors (Lipinski definition) is 1. The predicted octanol–water partition coefficient (Wildman–Crippen LogP) is 3.36. The Kier molecular flexibility index (Phi) is 4.23. The van der Waals surface area contributed by atoms with Crippen molar-refractivity contribution in [3.63, 3.8) is 0 Å². The Balaban J connectivity index is 1.41. The molecule has 1 aromatic heterocycles. The van der Waals surface area contributed by atoms with E-state index in [9.17, 15) is 9.59 Å². The molecule has 5 rings (SSSR count). The number of thioether (sulfide) groups is 1. The number of carbonyl (C=O) groups excluding carboxylic acids is 2. The molecule has 1 heterocycles. The van der Waals surface area contributed by atoms with Gasteiger partial charge in [-0.05, 0) is 63.2 Å². The molecule has 0 unspecified atom stereocenters. The molecule has 4 fully saturated rings. The minimum Gasteiger partial charge on any atom is -0.369 e. The highest BCUT2D eigenvalue weighted by Gasteiger charge is 2.54. The van der Waals surface area contributed by atoms with Gasteiger partial charge < -0.3 is 5.73 Å². The Hall–Kier alpha value is -0.880. The Morgan fingerprint density at radius 1 is 1.21 bits per heavy atom. The van der Waals surface area contributed by atoms with Gasteiger partial charge in [-0.25, -0.2) is 4.98 Å². The number of rotatable bonds is 6. The Labute approximate surface area is 151 Å². The first-order valence-corrected chi connectivity index (χ1v) is 10.6. The first-order chi connectivity index (χ1) is 11.4. The van der Waals surface area contributed by atoms with Crippen LogP contribution in [0, 0.1) is 30.1 Å². The summed E-state index contributed by atoms with van der Waals surface area (Å²) in [4.78, 5) is 29.5. The minimum absolute atomic E-state index is 0.0237. The van der Waals surface area contributed by atoms with Crippen LogP contribution < -0.4 is 5.73 Å². The van der Waals surface area contributed by atoms with Crippen molar-refractivity contribution in [2.75, 3.05) is 5.75 Å². The molecule has 1 amide bonds. The van der Waals surface area contributed by atoms with Crippen molar-refractivity contribution in [1.29, 1.82) is 0 Å². The van der Waals surface area contributed by atoms with Gasteiger partial charge >= 0.3 is 0 Å². The maximum atomic E-state index is 13.0. The first-order valence-electron chi connectivity index (χ1n) is 8.84. The fourth-order valence-corrected chi connectivity index (χ4v) is 7.80. The number of hydrogen-bond acceptors (Lipinski definition) is 5. The van der Waals surface area contributed by atoms with E-state index in [0.717, 1.165) is 51.9 Å². The van der Waals surface area contributed by atoms with Gasteiger partial charge in [0.1, 0.15) is 5.78 Å². The average molecular weight is 365 g/mol. The highest BCUT2D eigenvalue weighted by atomic mass is 32.2. The zero-order chi connectivity index (χ0) is 16.9. The molecule has 2 N–H and O–H groups in total. The van der Waals surface area contributed by atoms with Crippen molar-refractivity contribution in [1.82, 2.24) is 4.98 Å². The number of aryl methyl sites for hydroxylation is 1. The van der Waals surface area contributed by atoms with Crippen molar-refractivity contribution < 1.29 is 9.59 Å². The molecule has 24 heavy (non-hydrogen) atoms. The zero-order valence-corrected chi connectivity index (χ0v) is 15.7. The lowest BCUT2D eigenvalue weighted by atomic mass is 9.48. The van der Waals surface area contributed by atoms with Crippen LogP contribution in [-0.2, 0) is 16.0 Å². The molecule has 0 spiro atoms. The van der Waals surface area contributed by atoms with E-state index in [1.165, 1.54) is 30.6 Å². The molecule has 4 nitrogen and oxygen atoms in total. The van der Waals surface area contributed by atoms with Crippen LogP contribution in [0.5, 0.6) is 0 Å². The second-order valence-electron chi connectivity index (χ2n) is 8.04. The highest BCUT2D eigenvalue weighted by molar-refractivity contribution is 8.01. The van der Waals surface area contributed by atoms with Crippen molar-refractivity contribution in [2.24, 2.45) is 28.9 Å². The van der Waals surface area contributed by atoms with Crippen molar-refractivity contribution in [3.05, 3.63) is 10.6 Å². The van der Waals surface area contributed by atoms with Crippen LogP contribution in [0.15, 0.2) is 4.34 Å². The Morgan fingerprint density at radius 2 is 1.79 bits per heavy atom. The lowest BCUT2D eigenvalue weighted by molar-refractivity contribution is -0.141. The van der Waals surface area contributed by atoms with Crippen LogP contribution in [-0.4, -0.2) is 22.4 Å². The second kappa shape index (κ2) is 6.13. The van der Waals surface area contributed by atoms with E-state index in [2.05, 4.69) is 4.98 Å². The third kappa shape index (κ3) is 3.03. The van der Waals surface area contributed by atoms with Crippen molar-refractivity contribution in [3.8, 4) is 0 Å². The molecule has 0 aliphatic heterocycles. The van der Waals surface area contributed by atoms with Crippen LogP contribution in [0.3, 0.4) is 0 Å². The van der Waals surface area contributed by atoms with E-state index in [4.69, 9.17) is 5.73 Å². The van der Waals surface area contributed by atoms with Crippen LogP contribution in [0.25, 0.3) is 0 Å². The Bertz CT molecular complexity index is 647. The van der Waals surface area contributed by atoms with Crippen LogP contribution in [0.1, 0.15) is 49.1 Å². The number of amides is 1. The third-order valence-electron chi connectivity index (χ3n) is 6.16. The second-order valence-corrected chi connectivity index (χ2v) is 10.3. The number of aromatic nitrogens is 1. The van der Waals surface area contributed by atoms with Gasteiger partial charge in [-0.3, -0.25) is 9.59 Å². The quantitative estimate of drug-likeness (QED) is 0.786. The summed E-state index contributed by atoms with van der Waals surface area (Å²) in [6.07, 6.45) is 7.71. The molecule has 0 atom stereocenters. The number of Topliss-reactive ketones (excluding diaryl/α,β-unsaturated/α-hetero) is 1. The van der Waals surface area contributed by atoms with Gasteiger partial charge in [-0.2, -0.15) is 0 Å². The number of nitrogens with two attached hydrogens (primary N) is 1. The van der Waals surface area contributed by atoms with Crippen molar-refractivity contribution in [2.45, 2.75) is 56.2 Å². The van der Waals surface area contributed by atoms with Gasteiger partial charge in [0.15, 0.2) is 4.34 Å². The van der Waals surface area contributed by atoms with Crippen LogP contribution in [0.4, 0.5) is 0 Å². The van der Waals surface area contributed by atoms with Crippen LogP contribution in [0.2, 0.25) is 0 Å². The van der Waals surface area contributed by atoms with E-state index >= 15 is 0 Å². The molecule has 0 radical (unpaired) electrons. The largest absolute Gasteiger partial charge is 0.369 e. The fraction of sp³-hybridized carbons (Fsp3) is 0.722. The summed E-state index contributed by atoms with van der Waals surface area (Å²) in [5.41, 5.74) is 6.11. The molecule has 6 heteroatoms. The molecule has 4 aliphatic carbocycles. The summed E-state index contributed by atoms with van der Waals surface area (Å²) >= 11 is 3.05. The van der Waals surface area contributed by atoms with Gasteiger partial charge in [0.25, 0.3) is 0 Å². The summed E-state index contributed by atoms with van der Waals surface area (Å²) in [5, 5.41) is 0. The van der Waals surface area contributed by atoms with Gasteiger partial charge in [0, 0.05) is 10.3 Å². The molecule has 0 saturated heterocycles. The molecular weight excluding hydrogens is 340 g/mol. The van der Waals surface area contributed by atoms with Crippen molar-refractivity contribution >= 4 is 34.8 Å². The van der Waals surface area contributed by atoms with E-state index in [1.54, 1.807) is 11.8 Å². The summed E-state index contributed by atoms with van der Waals surface area (Å²) in [7, 11) is 0. The molecule has 4 bridgehead atoms. The number of primary amides is 1. The fourth-order valence-electron chi connectivity index (χ4n) is 5.52.